The molecular formula is C27H32FN3O. The summed E-state index contributed by atoms with van der Waals surface area (Å²) in [5, 5.41) is 0. The lowest BCUT2D eigenvalue weighted by Gasteiger charge is -2.23. The van der Waals surface area contributed by atoms with Crippen molar-refractivity contribution in [1.82, 2.24) is 4.90 Å². The van der Waals surface area contributed by atoms with Crippen LogP contribution in [0, 0.1) is 19.7 Å². The number of halogens is 1. The van der Waals surface area contributed by atoms with Crippen molar-refractivity contribution in [3.05, 3.63) is 74.7 Å². The number of allylic oxidation sites excluding steroid dienone is 2. The number of hydrogen-bond acceptors (Lipinski definition) is 3. The van der Waals surface area contributed by atoms with Gasteiger partial charge in [-0.05, 0) is 79.1 Å². The molecule has 0 saturated heterocycles. The zero-order valence-corrected chi connectivity index (χ0v) is 19.5. The van der Waals surface area contributed by atoms with Gasteiger partial charge in [0.05, 0.1) is 0 Å². The van der Waals surface area contributed by atoms with E-state index in [0.717, 1.165) is 46.2 Å². The fourth-order valence-corrected chi connectivity index (χ4v) is 5.12. The highest BCUT2D eigenvalue weighted by Crippen LogP contribution is 2.36. The van der Waals surface area contributed by atoms with Crippen LogP contribution in [0.2, 0.25) is 0 Å². The van der Waals surface area contributed by atoms with Crippen LogP contribution >= 0.6 is 0 Å². The minimum absolute atomic E-state index is 0.138. The molecule has 0 spiro atoms. The largest absolute Gasteiger partial charge is 0.402 e. The van der Waals surface area contributed by atoms with Gasteiger partial charge in [-0.15, -0.1) is 0 Å². The highest BCUT2D eigenvalue weighted by atomic mass is 19.1. The molecule has 0 aromatic heterocycles. The van der Waals surface area contributed by atoms with Gasteiger partial charge < -0.3 is 10.6 Å². The lowest BCUT2D eigenvalue weighted by atomic mass is 9.90. The Bertz CT molecular complexity index is 1120. The van der Waals surface area contributed by atoms with Crippen LogP contribution in [-0.2, 0) is 13.0 Å². The third-order valence-electron chi connectivity index (χ3n) is 7.15. The Morgan fingerprint density at radius 1 is 1.19 bits per heavy atom. The fourth-order valence-electron chi connectivity index (χ4n) is 5.12. The van der Waals surface area contributed by atoms with Gasteiger partial charge in [-0.1, -0.05) is 25.0 Å². The third kappa shape index (κ3) is 3.96. The van der Waals surface area contributed by atoms with Gasteiger partial charge in [0.25, 0.3) is 5.91 Å². The highest BCUT2D eigenvalue weighted by molar-refractivity contribution is 6.10. The maximum atomic E-state index is 15.1. The number of nitrogens with zero attached hydrogens (tertiary/aromatic N) is 2. The Morgan fingerprint density at radius 3 is 2.53 bits per heavy atom. The summed E-state index contributed by atoms with van der Waals surface area (Å²) in [6, 6.07) is 7.58. The Labute approximate surface area is 190 Å². The Kier molecular flexibility index (Phi) is 6.18. The average Bonchev–Trinajstić information content (AvgIpc) is 3.40. The zero-order valence-electron chi connectivity index (χ0n) is 19.5. The van der Waals surface area contributed by atoms with Crippen LogP contribution in [0.3, 0.4) is 0 Å². The average molecular weight is 434 g/mol. The number of carbonyl (C=O) groups excluding carboxylic acids is 1. The van der Waals surface area contributed by atoms with Crippen LogP contribution in [0.15, 0.2) is 35.0 Å². The van der Waals surface area contributed by atoms with E-state index in [1.807, 2.05) is 18.2 Å². The lowest BCUT2D eigenvalue weighted by Crippen LogP contribution is -2.33. The number of fused-ring (bicyclic) bond motifs is 1. The Hall–Kier alpha value is -2.95. The molecule has 4 nitrogen and oxygen atoms in total. The first-order valence-electron chi connectivity index (χ1n) is 11.4. The summed E-state index contributed by atoms with van der Waals surface area (Å²) < 4.78 is 15.1. The van der Waals surface area contributed by atoms with E-state index >= 15 is 4.39 Å². The van der Waals surface area contributed by atoms with Gasteiger partial charge in [-0.25, -0.2) is 4.39 Å². The predicted molar refractivity (Wildman–Crippen MR) is 128 cm³/mol. The van der Waals surface area contributed by atoms with Crippen molar-refractivity contribution in [2.75, 3.05) is 7.05 Å². The SMILES string of the molecule is CN=CC(=C(C)N)c1ccc(Cc2cc3c(c(C)c2C)CN(C2CCCC2)C3=O)c(F)c1. The molecule has 4 rings (SSSR count). The van der Waals surface area contributed by atoms with Crippen LogP contribution in [0.4, 0.5) is 4.39 Å². The van der Waals surface area contributed by atoms with E-state index in [9.17, 15) is 4.79 Å². The normalized spacial score (nSPS) is 17.4. The van der Waals surface area contributed by atoms with Crippen molar-refractivity contribution in [2.24, 2.45) is 10.7 Å². The van der Waals surface area contributed by atoms with Crippen LogP contribution < -0.4 is 5.73 Å². The molecule has 2 aliphatic rings. The second kappa shape index (κ2) is 8.89. The molecule has 5 heteroatoms. The van der Waals surface area contributed by atoms with Gasteiger partial charge in [0.15, 0.2) is 0 Å². The first kappa shape index (κ1) is 22.3. The molecule has 1 aliphatic carbocycles. The van der Waals surface area contributed by atoms with E-state index in [4.69, 9.17) is 5.73 Å². The summed E-state index contributed by atoms with van der Waals surface area (Å²) in [4.78, 5) is 19.3. The van der Waals surface area contributed by atoms with E-state index in [0.29, 0.717) is 35.8 Å². The highest BCUT2D eigenvalue weighted by Gasteiger charge is 2.35. The molecule has 1 aliphatic heterocycles. The van der Waals surface area contributed by atoms with Gasteiger partial charge >= 0.3 is 0 Å². The second-order valence-corrected chi connectivity index (χ2v) is 9.15. The third-order valence-corrected chi connectivity index (χ3v) is 7.15. The summed E-state index contributed by atoms with van der Waals surface area (Å²) in [5.74, 6) is -0.138. The molecule has 32 heavy (non-hydrogen) atoms. The zero-order chi connectivity index (χ0) is 23.0. The van der Waals surface area contributed by atoms with Gasteiger partial charge in [0, 0.05) is 49.1 Å². The van der Waals surface area contributed by atoms with Gasteiger partial charge in [0.1, 0.15) is 5.82 Å². The van der Waals surface area contributed by atoms with Crippen LogP contribution in [0.5, 0.6) is 0 Å². The Morgan fingerprint density at radius 2 is 1.91 bits per heavy atom. The van der Waals surface area contributed by atoms with E-state index in [1.165, 1.54) is 18.9 Å². The van der Waals surface area contributed by atoms with Crippen molar-refractivity contribution in [1.29, 1.82) is 0 Å². The second-order valence-electron chi connectivity index (χ2n) is 9.15. The van der Waals surface area contributed by atoms with Crippen molar-refractivity contribution < 1.29 is 9.18 Å². The molecule has 0 bridgehead atoms. The quantitative estimate of drug-likeness (QED) is 0.649. The number of nitrogens with two attached hydrogens (primary N) is 1. The molecular weight excluding hydrogens is 401 g/mol. The molecule has 1 saturated carbocycles. The predicted octanol–water partition coefficient (Wildman–Crippen LogP) is 5.32. The first-order valence-corrected chi connectivity index (χ1v) is 11.4. The van der Waals surface area contributed by atoms with Gasteiger partial charge in [-0.3, -0.25) is 9.79 Å². The van der Waals surface area contributed by atoms with E-state index in [-0.39, 0.29) is 11.7 Å². The maximum absolute atomic E-state index is 15.1. The molecule has 0 radical (unpaired) electrons. The molecule has 2 N–H and O–H groups in total. The molecule has 2 aromatic rings. The van der Waals surface area contributed by atoms with E-state index < -0.39 is 0 Å². The summed E-state index contributed by atoms with van der Waals surface area (Å²) in [5.41, 5.74) is 13.8. The summed E-state index contributed by atoms with van der Waals surface area (Å²) in [6.07, 6.45) is 6.71. The summed E-state index contributed by atoms with van der Waals surface area (Å²) >= 11 is 0. The van der Waals surface area contributed by atoms with Crippen LogP contribution in [-0.4, -0.2) is 30.1 Å². The molecule has 2 aromatic carbocycles. The summed E-state index contributed by atoms with van der Waals surface area (Å²) in [6.45, 7) is 6.66. The van der Waals surface area contributed by atoms with Crippen molar-refractivity contribution in [2.45, 2.75) is 65.5 Å². The molecule has 1 fully saturated rings. The van der Waals surface area contributed by atoms with Crippen molar-refractivity contribution >= 4 is 17.7 Å². The molecule has 168 valence electrons. The Balaban J connectivity index is 1.65. The molecule has 0 unspecified atom stereocenters. The van der Waals surface area contributed by atoms with E-state index in [2.05, 4.69) is 23.7 Å². The maximum Gasteiger partial charge on any atom is 0.254 e. The summed E-state index contributed by atoms with van der Waals surface area (Å²) in [7, 11) is 1.67. The lowest BCUT2D eigenvalue weighted by molar-refractivity contribution is 0.0707. The smallest absolute Gasteiger partial charge is 0.254 e. The van der Waals surface area contributed by atoms with Gasteiger partial charge in [0.2, 0.25) is 0 Å². The number of rotatable bonds is 5. The van der Waals surface area contributed by atoms with Crippen molar-refractivity contribution in [3.63, 3.8) is 0 Å². The van der Waals surface area contributed by atoms with Crippen LogP contribution in [0.1, 0.15) is 76.3 Å². The minimum atomic E-state index is -0.276. The standard InChI is InChI=1S/C27H32FN3O/c1-16-17(2)25-15-31(22-7-5-6-8-22)27(32)23(25)12-21(16)11-20-10-9-19(13-26(20)28)24(14-30-4)18(3)29/h9-10,12-14,22H,5-8,11,15,29H2,1-4H3. The number of hydrogen-bond donors (Lipinski definition) is 1. The molecule has 0 atom stereocenters. The van der Waals surface area contributed by atoms with E-state index in [1.54, 1.807) is 20.2 Å². The topological polar surface area (TPSA) is 58.7 Å². The molecule has 1 heterocycles. The molecule has 1 amide bonds. The number of aliphatic imine (C=N–C) groups is 1. The fraction of sp³-hybridized carbons (Fsp3) is 0.407. The van der Waals surface area contributed by atoms with Gasteiger partial charge in [-0.2, -0.15) is 0 Å². The first-order chi connectivity index (χ1) is 15.3. The van der Waals surface area contributed by atoms with Crippen LogP contribution in [0.25, 0.3) is 5.57 Å². The van der Waals surface area contributed by atoms with Crippen molar-refractivity contribution in [3.8, 4) is 0 Å². The minimum Gasteiger partial charge on any atom is -0.402 e. The monoisotopic (exact) mass is 433 g/mol. The number of amides is 1. The number of carbonyl (C=O) groups is 1. The number of benzene rings is 2.